The predicted octanol–water partition coefficient (Wildman–Crippen LogP) is 5.37. The molecule has 1 heterocycles. The Morgan fingerprint density at radius 3 is 2.48 bits per heavy atom. The van der Waals surface area contributed by atoms with Crippen LogP contribution in [0, 0.1) is 5.82 Å². The van der Waals surface area contributed by atoms with Crippen molar-refractivity contribution in [2.45, 2.75) is 30.7 Å². The van der Waals surface area contributed by atoms with Crippen LogP contribution in [0.3, 0.4) is 0 Å². The molecular weight excluding hydrogens is 465 g/mol. The molecule has 0 saturated heterocycles. The highest BCUT2D eigenvalue weighted by Crippen LogP contribution is 2.39. The van der Waals surface area contributed by atoms with E-state index in [-0.39, 0.29) is 34.2 Å². The zero-order valence-electron chi connectivity index (χ0n) is 17.7. The van der Waals surface area contributed by atoms with Gasteiger partial charge in [0.1, 0.15) is 5.82 Å². The molecule has 0 spiro atoms. The van der Waals surface area contributed by atoms with Gasteiger partial charge in [-0.15, -0.1) is 0 Å². The smallest absolute Gasteiger partial charge is 0.261 e. The van der Waals surface area contributed by atoms with E-state index in [0.29, 0.717) is 17.0 Å². The van der Waals surface area contributed by atoms with Gasteiger partial charge in [-0.3, -0.25) is 9.52 Å². The molecule has 1 aliphatic heterocycles. The first-order valence-electron chi connectivity index (χ1n) is 10.3. The van der Waals surface area contributed by atoms with Crippen LogP contribution >= 0.6 is 11.6 Å². The quantitative estimate of drug-likeness (QED) is 0.510. The summed E-state index contributed by atoms with van der Waals surface area (Å²) in [4.78, 5) is 12.8. The SMILES string of the molecule is CCC(=O)N1N=C(c2ccccc2NS(=O)(=O)c2ccccc2)CC1c1c(F)cccc1Cl. The molecule has 1 unspecified atom stereocenters. The van der Waals surface area contributed by atoms with E-state index in [4.69, 9.17) is 11.6 Å². The Morgan fingerprint density at radius 2 is 1.79 bits per heavy atom. The van der Waals surface area contributed by atoms with Crippen LogP contribution in [-0.2, 0) is 14.8 Å². The van der Waals surface area contributed by atoms with Crippen molar-refractivity contribution in [3.8, 4) is 0 Å². The maximum atomic E-state index is 14.7. The third-order valence-electron chi connectivity index (χ3n) is 5.34. The predicted molar refractivity (Wildman–Crippen MR) is 126 cm³/mol. The second-order valence-corrected chi connectivity index (χ2v) is 9.55. The van der Waals surface area contributed by atoms with Gasteiger partial charge < -0.3 is 0 Å². The fraction of sp³-hybridized carbons (Fsp3) is 0.167. The van der Waals surface area contributed by atoms with Gasteiger partial charge in [0, 0.05) is 29.0 Å². The number of rotatable bonds is 6. The van der Waals surface area contributed by atoms with E-state index in [1.54, 1.807) is 55.5 Å². The normalized spacial score (nSPS) is 15.9. The minimum atomic E-state index is -3.85. The minimum Gasteiger partial charge on any atom is -0.279 e. The van der Waals surface area contributed by atoms with E-state index in [2.05, 4.69) is 9.82 Å². The molecule has 1 atom stereocenters. The summed E-state index contributed by atoms with van der Waals surface area (Å²) in [5.41, 5.74) is 1.44. The van der Waals surface area contributed by atoms with Crippen LogP contribution in [-0.4, -0.2) is 25.0 Å². The van der Waals surface area contributed by atoms with Crippen molar-refractivity contribution in [3.05, 3.63) is 94.8 Å². The van der Waals surface area contributed by atoms with Crippen LogP contribution < -0.4 is 4.72 Å². The summed E-state index contributed by atoms with van der Waals surface area (Å²) in [6.07, 6.45) is 0.345. The molecule has 0 aliphatic carbocycles. The van der Waals surface area contributed by atoms with Gasteiger partial charge >= 0.3 is 0 Å². The van der Waals surface area contributed by atoms with Gasteiger partial charge in [0.05, 0.1) is 22.3 Å². The highest BCUT2D eigenvalue weighted by Gasteiger charge is 2.36. The Kier molecular flexibility index (Phi) is 6.49. The largest absolute Gasteiger partial charge is 0.279 e. The number of hydrogen-bond acceptors (Lipinski definition) is 4. The second-order valence-electron chi connectivity index (χ2n) is 7.46. The van der Waals surface area contributed by atoms with Crippen LogP contribution in [0.4, 0.5) is 10.1 Å². The molecule has 33 heavy (non-hydrogen) atoms. The third kappa shape index (κ3) is 4.62. The molecule has 1 amide bonds. The maximum absolute atomic E-state index is 14.7. The number of amides is 1. The lowest BCUT2D eigenvalue weighted by Crippen LogP contribution is -2.27. The first-order chi connectivity index (χ1) is 15.8. The van der Waals surface area contributed by atoms with Gasteiger partial charge in [-0.1, -0.05) is 61.0 Å². The van der Waals surface area contributed by atoms with E-state index in [1.165, 1.54) is 29.3 Å². The third-order valence-corrected chi connectivity index (χ3v) is 7.05. The number of halogens is 2. The number of sulfonamides is 1. The van der Waals surface area contributed by atoms with Crippen molar-refractivity contribution in [1.82, 2.24) is 5.01 Å². The maximum Gasteiger partial charge on any atom is 0.261 e. The van der Waals surface area contributed by atoms with E-state index in [0.717, 1.165) is 0 Å². The lowest BCUT2D eigenvalue weighted by atomic mass is 9.97. The Balaban J connectivity index is 1.73. The van der Waals surface area contributed by atoms with Crippen LogP contribution in [0.15, 0.2) is 82.8 Å². The van der Waals surface area contributed by atoms with Crippen LogP contribution in [0.2, 0.25) is 5.02 Å². The van der Waals surface area contributed by atoms with Crippen LogP contribution in [0.25, 0.3) is 0 Å². The topological polar surface area (TPSA) is 78.8 Å². The zero-order valence-corrected chi connectivity index (χ0v) is 19.3. The summed E-state index contributed by atoms with van der Waals surface area (Å²) >= 11 is 6.28. The number of para-hydroxylation sites is 1. The molecule has 170 valence electrons. The lowest BCUT2D eigenvalue weighted by Gasteiger charge is -2.22. The number of carbonyl (C=O) groups excluding carboxylic acids is 1. The molecule has 1 aliphatic rings. The average Bonchev–Trinajstić information content (AvgIpc) is 3.24. The van der Waals surface area contributed by atoms with Crippen molar-refractivity contribution in [3.63, 3.8) is 0 Å². The van der Waals surface area contributed by atoms with Crippen molar-refractivity contribution >= 4 is 38.9 Å². The van der Waals surface area contributed by atoms with E-state index >= 15 is 0 Å². The number of hydrogen-bond donors (Lipinski definition) is 1. The molecule has 0 radical (unpaired) electrons. The first-order valence-corrected chi connectivity index (χ1v) is 12.2. The highest BCUT2D eigenvalue weighted by atomic mass is 35.5. The Labute approximate surface area is 196 Å². The number of nitrogens with zero attached hydrogens (tertiary/aromatic N) is 2. The number of hydrazone groups is 1. The lowest BCUT2D eigenvalue weighted by molar-refractivity contribution is -0.132. The van der Waals surface area contributed by atoms with Gasteiger partial charge in [0.25, 0.3) is 10.0 Å². The Morgan fingerprint density at radius 1 is 1.09 bits per heavy atom. The standard InChI is InChI=1S/C24H21ClFN3O3S/c1-2-23(30)29-22(24-18(25)12-8-13-19(24)26)15-21(27-29)17-11-6-7-14-20(17)28-33(31,32)16-9-4-3-5-10-16/h3-14,22,28H,2,15H2,1H3. The van der Waals surface area contributed by atoms with Gasteiger partial charge in [-0.05, 0) is 30.3 Å². The van der Waals surface area contributed by atoms with E-state index in [9.17, 15) is 17.6 Å². The molecule has 0 saturated carbocycles. The van der Waals surface area contributed by atoms with Crippen LogP contribution in [0.5, 0.6) is 0 Å². The molecule has 6 nitrogen and oxygen atoms in total. The monoisotopic (exact) mass is 485 g/mol. The van der Waals surface area contributed by atoms with Gasteiger partial charge in [-0.2, -0.15) is 5.10 Å². The second kappa shape index (κ2) is 9.33. The summed E-state index contributed by atoms with van der Waals surface area (Å²) in [6, 6.07) is 18.4. The summed E-state index contributed by atoms with van der Waals surface area (Å²) in [7, 11) is -3.85. The van der Waals surface area contributed by atoms with Crippen molar-refractivity contribution in [2.24, 2.45) is 5.10 Å². The molecule has 3 aromatic carbocycles. The van der Waals surface area contributed by atoms with E-state index in [1.807, 2.05) is 0 Å². The summed E-state index contributed by atoms with van der Waals surface area (Å²) < 4.78 is 43.1. The zero-order chi connectivity index (χ0) is 23.6. The number of carbonyl (C=O) groups is 1. The van der Waals surface area contributed by atoms with Crippen LogP contribution in [0.1, 0.15) is 36.9 Å². The molecule has 4 rings (SSSR count). The molecule has 9 heteroatoms. The number of anilines is 1. The minimum absolute atomic E-state index is 0.118. The molecule has 3 aromatic rings. The van der Waals surface area contributed by atoms with Gasteiger partial charge in [0.2, 0.25) is 5.91 Å². The fourth-order valence-corrected chi connectivity index (χ4v) is 5.14. The summed E-state index contributed by atoms with van der Waals surface area (Å²) in [5.74, 6) is -0.826. The van der Waals surface area contributed by atoms with E-state index < -0.39 is 21.9 Å². The fourth-order valence-electron chi connectivity index (χ4n) is 3.75. The van der Waals surface area contributed by atoms with Crippen molar-refractivity contribution in [1.29, 1.82) is 0 Å². The Bertz CT molecular complexity index is 1310. The summed E-state index contributed by atoms with van der Waals surface area (Å²) in [6.45, 7) is 1.69. The number of nitrogens with one attached hydrogen (secondary N) is 1. The van der Waals surface area contributed by atoms with Gasteiger partial charge in [0.15, 0.2) is 0 Å². The molecule has 0 aromatic heterocycles. The molecule has 1 N–H and O–H groups in total. The first kappa shape index (κ1) is 22.9. The number of benzene rings is 3. The average molecular weight is 486 g/mol. The van der Waals surface area contributed by atoms with Crippen molar-refractivity contribution < 1.29 is 17.6 Å². The molecular formula is C24H21ClFN3O3S. The highest BCUT2D eigenvalue weighted by molar-refractivity contribution is 7.92. The van der Waals surface area contributed by atoms with Crippen molar-refractivity contribution in [2.75, 3.05) is 4.72 Å². The Hall–Kier alpha value is -3.23. The molecule has 0 bridgehead atoms. The summed E-state index contributed by atoms with van der Waals surface area (Å²) in [5, 5.41) is 5.91. The van der Waals surface area contributed by atoms with Gasteiger partial charge in [-0.25, -0.2) is 17.8 Å². The molecule has 0 fully saturated rings.